The molecule has 2 unspecified atom stereocenters. The highest BCUT2D eigenvalue weighted by molar-refractivity contribution is 7.87. The maximum absolute atomic E-state index is 12.2. The van der Waals surface area contributed by atoms with Crippen LogP contribution in [0.4, 0.5) is 26.3 Å². The lowest BCUT2D eigenvalue weighted by Gasteiger charge is -2.35. The van der Waals surface area contributed by atoms with E-state index in [4.69, 9.17) is 0 Å². The molecule has 1 aliphatic rings. The lowest BCUT2D eigenvalue weighted by Crippen LogP contribution is -2.52. The summed E-state index contributed by atoms with van der Waals surface area (Å²) in [7, 11) is -5.99. The topological polar surface area (TPSA) is 80.8 Å². The average molecular weight is 357 g/mol. The quantitative estimate of drug-likeness (QED) is 0.324. The number of carbonyl (C=O) groups excluding carboxylic acids is 2. The van der Waals surface area contributed by atoms with E-state index in [-0.39, 0.29) is 11.2 Å². The number of alkyl halides is 6. The van der Waals surface area contributed by atoms with E-state index in [9.17, 15) is 44.3 Å². The normalized spacial score (nSPS) is 24.2. The van der Waals surface area contributed by atoms with E-state index in [1.165, 1.54) is 0 Å². The van der Waals surface area contributed by atoms with Gasteiger partial charge in [-0.3, -0.25) is 8.98 Å². The zero-order valence-corrected chi connectivity index (χ0v) is 11.3. The largest absolute Gasteiger partial charge is 0.523 e. The van der Waals surface area contributed by atoms with Crippen LogP contribution in [0.5, 0.6) is 0 Å². The monoisotopic (exact) mass is 357 g/mol. The fourth-order valence-electron chi connectivity index (χ4n) is 1.79. The first-order chi connectivity index (χ1) is 9.79. The van der Waals surface area contributed by atoms with Crippen LogP contribution in [0.15, 0.2) is 0 Å². The number of rotatable bonds is 3. The Labute approximate surface area is 120 Å². The Kier molecular flexibility index (Phi) is 5.11. The molecule has 1 heterocycles. The SMILES string of the molecule is O=CC1CN(C(=O)C(F)(F)F)CCC1OS(=O)(=O)C(F)(F)F. The molecule has 1 rings (SSSR count). The van der Waals surface area contributed by atoms with Crippen LogP contribution in [0.1, 0.15) is 6.42 Å². The van der Waals surface area contributed by atoms with Crippen molar-refractivity contribution in [1.29, 1.82) is 0 Å². The molecule has 0 saturated carbocycles. The van der Waals surface area contributed by atoms with Crippen LogP contribution in [-0.4, -0.2) is 56.4 Å². The zero-order chi connectivity index (χ0) is 17.3. The number of piperidine rings is 1. The molecule has 128 valence electrons. The second kappa shape index (κ2) is 6.02. The molecule has 0 aromatic carbocycles. The maximum atomic E-state index is 12.2. The van der Waals surface area contributed by atoms with Crippen LogP contribution in [0.3, 0.4) is 0 Å². The highest BCUT2D eigenvalue weighted by atomic mass is 32.2. The van der Waals surface area contributed by atoms with Gasteiger partial charge in [0.2, 0.25) is 0 Å². The Balaban J connectivity index is 2.85. The Morgan fingerprint density at radius 1 is 1.18 bits per heavy atom. The van der Waals surface area contributed by atoms with Gasteiger partial charge >= 0.3 is 27.7 Å². The van der Waals surface area contributed by atoms with Crippen LogP contribution < -0.4 is 0 Å². The van der Waals surface area contributed by atoms with Gasteiger partial charge in [-0.25, -0.2) is 0 Å². The van der Waals surface area contributed by atoms with Gasteiger partial charge in [0.25, 0.3) is 0 Å². The minimum atomic E-state index is -5.99. The zero-order valence-electron chi connectivity index (χ0n) is 10.5. The Bertz CT molecular complexity index is 542. The summed E-state index contributed by atoms with van der Waals surface area (Å²) in [6.45, 7) is -1.58. The van der Waals surface area contributed by atoms with Gasteiger partial charge in [0, 0.05) is 13.1 Å². The van der Waals surface area contributed by atoms with E-state index in [0.29, 0.717) is 0 Å². The molecule has 0 aliphatic carbocycles. The molecule has 2 atom stereocenters. The average Bonchev–Trinajstić information content (AvgIpc) is 2.35. The van der Waals surface area contributed by atoms with Crippen LogP contribution >= 0.6 is 0 Å². The molecule has 1 fully saturated rings. The lowest BCUT2D eigenvalue weighted by molar-refractivity contribution is -0.188. The molecule has 0 radical (unpaired) electrons. The fourth-order valence-corrected chi connectivity index (χ4v) is 2.47. The maximum Gasteiger partial charge on any atom is 0.523 e. The molecule has 13 heteroatoms. The lowest BCUT2D eigenvalue weighted by atomic mass is 9.96. The number of aldehydes is 1. The molecule has 0 aromatic heterocycles. The number of hydrogen-bond acceptors (Lipinski definition) is 5. The third-order valence-corrected chi connectivity index (χ3v) is 3.90. The highest BCUT2D eigenvalue weighted by Gasteiger charge is 2.51. The summed E-state index contributed by atoms with van der Waals surface area (Å²) in [5, 5.41) is 0. The minimum Gasteiger partial charge on any atom is -0.334 e. The van der Waals surface area contributed by atoms with Crippen molar-refractivity contribution in [2.24, 2.45) is 5.92 Å². The van der Waals surface area contributed by atoms with Crippen molar-refractivity contribution in [3.63, 3.8) is 0 Å². The van der Waals surface area contributed by atoms with E-state index in [2.05, 4.69) is 4.18 Å². The smallest absolute Gasteiger partial charge is 0.334 e. The molecular formula is C9H9F6NO5S. The number of hydrogen-bond donors (Lipinski definition) is 0. The Morgan fingerprint density at radius 3 is 2.14 bits per heavy atom. The van der Waals surface area contributed by atoms with E-state index in [0.717, 1.165) is 0 Å². The first-order valence-electron chi connectivity index (χ1n) is 5.60. The van der Waals surface area contributed by atoms with Gasteiger partial charge in [0.05, 0.1) is 12.0 Å². The molecule has 1 aliphatic heterocycles. The molecular weight excluding hydrogens is 348 g/mol. The third kappa shape index (κ3) is 4.09. The predicted molar refractivity (Wildman–Crippen MR) is 56.7 cm³/mol. The standard InChI is InChI=1S/C9H9F6NO5S/c10-8(11,12)7(18)16-2-1-6(5(3-16)4-17)21-22(19,20)9(13,14)15/h4-6H,1-3H2. The highest BCUT2D eigenvalue weighted by Crippen LogP contribution is 2.30. The molecule has 0 spiro atoms. The van der Waals surface area contributed by atoms with Crippen LogP contribution in [0.25, 0.3) is 0 Å². The van der Waals surface area contributed by atoms with Crippen molar-refractivity contribution in [2.45, 2.75) is 24.2 Å². The van der Waals surface area contributed by atoms with Gasteiger partial charge in [0.1, 0.15) is 6.29 Å². The van der Waals surface area contributed by atoms with Gasteiger partial charge < -0.3 is 9.69 Å². The van der Waals surface area contributed by atoms with Crippen molar-refractivity contribution < 1.29 is 48.5 Å². The summed E-state index contributed by atoms with van der Waals surface area (Å²) >= 11 is 0. The Morgan fingerprint density at radius 2 is 1.73 bits per heavy atom. The van der Waals surface area contributed by atoms with Gasteiger partial charge in [-0.15, -0.1) is 0 Å². The van der Waals surface area contributed by atoms with E-state index in [1.807, 2.05) is 0 Å². The number of halogens is 6. The first kappa shape index (κ1) is 18.7. The molecule has 0 aromatic rings. The second-order valence-corrected chi connectivity index (χ2v) is 5.94. The van der Waals surface area contributed by atoms with Gasteiger partial charge in [-0.1, -0.05) is 0 Å². The number of likely N-dealkylation sites (tertiary alicyclic amines) is 1. The van der Waals surface area contributed by atoms with Crippen LogP contribution in [0, 0.1) is 5.92 Å². The summed E-state index contributed by atoms with van der Waals surface area (Å²) in [6.07, 6.45) is -7.71. The minimum absolute atomic E-state index is 0.0492. The van der Waals surface area contributed by atoms with E-state index < -0.39 is 59.2 Å². The summed E-state index contributed by atoms with van der Waals surface area (Å²) in [4.78, 5) is 21.9. The molecule has 22 heavy (non-hydrogen) atoms. The van der Waals surface area contributed by atoms with Crippen molar-refractivity contribution in [3.8, 4) is 0 Å². The molecule has 6 nitrogen and oxygen atoms in total. The Hall–Kier alpha value is -1.37. The summed E-state index contributed by atoms with van der Waals surface area (Å²) < 4.78 is 98.7. The van der Waals surface area contributed by atoms with E-state index in [1.54, 1.807) is 0 Å². The van der Waals surface area contributed by atoms with Gasteiger partial charge in [0.15, 0.2) is 0 Å². The summed E-state index contributed by atoms with van der Waals surface area (Å²) in [5.41, 5.74) is -5.72. The van der Waals surface area contributed by atoms with Gasteiger partial charge in [-0.2, -0.15) is 34.8 Å². The van der Waals surface area contributed by atoms with Crippen molar-refractivity contribution >= 4 is 22.3 Å². The van der Waals surface area contributed by atoms with Gasteiger partial charge in [-0.05, 0) is 6.42 Å². The number of carbonyl (C=O) groups is 2. The molecule has 1 amide bonds. The van der Waals surface area contributed by atoms with Crippen molar-refractivity contribution in [1.82, 2.24) is 4.90 Å². The molecule has 1 saturated heterocycles. The summed E-state index contributed by atoms with van der Waals surface area (Å²) in [5.74, 6) is -3.89. The first-order valence-corrected chi connectivity index (χ1v) is 7.01. The van der Waals surface area contributed by atoms with Crippen molar-refractivity contribution in [2.75, 3.05) is 13.1 Å². The van der Waals surface area contributed by atoms with E-state index >= 15 is 0 Å². The summed E-state index contributed by atoms with van der Waals surface area (Å²) in [6, 6.07) is 0. The number of nitrogens with zero attached hydrogens (tertiary/aromatic N) is 1. The van der Waals surface area contributed by atoms with Crippen molar-refractivity contribution in [3.05, 3.63) is 0 Å². The fraction of sp³-hybridized carbons (Fsp3) is 0.778. The second-order valence-electron chi connectivity index (χ2n) is 4.37. The molecule has 0 N–H and O–H groups in total. The van der Waals surface area contributed by atoms with Crippen LogP contribution in [0.2, 0.25) is 0 Å². The molecule has 0 bridgehead atoms. The number of amides is 1. The predicted octanol–water partition coefficient (Wildman–Crippen LogP) is 0.831. The van der Waals surface area contributed by atoms with Crippen LogP contribution in [-0.2, 0) is 23.9 Å². The third-order valence-electron chi connectivity index (χ3n) is 2.83.